The zero-order valence-corrected chi connectivity index (χ0v) is 11.7. The number of hydrogen-bond donors (Lipinski definition) is 1. The van der Waals surface area contributed by atoms with E-state index in [-0.39, 0.29) is 12.0 Å². The molecule has 2 rings (SSSR count). The van der Waals surface area contributed by atoms with Gasteiger partial charge in [0.2, 0.25) is 0 Å². The Balaban J connectivity index is 1.82. The van der Waals surface area contributed by atoms with E-state index in [1.54, 1.807) is 0 Å². The molecule has 0 amide bonds. The van der Waals surface area contributed by atoms with E-state index in [1.807, 2.05) is 11.9 Å². The third-order valence-corrected chi connectivity index (χ3v) is 4.32. The SMILES string of the molecule is CN1CC(CC(F)(F)F)CC(NC2CCCCC2)C1. The number of hydrogen-bond acceptors (Lipinski definition) is 2. The van der Waals surface area contributed by atoms with Gasteiger partial charge in [0.15, 0.2) is 0 Å². The summed E-state index contributed by atoms with van der Waals surface area (Å²) in [5.74, 6) is -0.250. The van der Waals surface area contributed by atoms with Crippen LogP contribution in [0, 0.1) is 5.92 Å². The van der Waals surface area contributed by atoms with Crippen LogP contribution in [0.3, 0.4) is 0 Å². The molecule has 1 heterocycles. The molecule has 112 valence electrons. The zero-order chi connectivity index (χ0) is 13.9. The van der Waals surface area contributed by atoms with Gasteiger partial charge >= 0.3 is 6.18 Å². The van der Waals surface area contributed by atoms with Gasteiger partial charge in [-0.3, -0.25) is 0 Å². The predicted octanol–water partition coefficient (Wildman–Crippen LogP) is 3.18. The van der Waals surface area contributed by atoms with E-state index in [4.69, 9.17) is 0 Å². The highest BCUT2D eigenvalue weighted by atomic mass is 19.4. The molecule has 2 unspecified atom stereocenters. The molecule has 0 aromatic heterocycles. The molecular formula is C14H25F3N2. The number of nitrogens with one attached hydrogen (secondary N) is 1. The Morgan fingerprint density at radius 3 is 2.37 bits per heavy atom. The second kappa shape index (κ2) is 6.44. The first kappa shape index (κ1) is 15.1. The lowest BCUT2D eigenvalue weighted by molar-refractivity contribution is -0.148. The summed E-state index contributed by atoms with van der Waals surface area (Å²) in [5.41, 5.74) is 0. The topological polar surface area (TPSA) is 15.3 Å². The molecule has 1 aliphatic carbocycles. The fraction of sp³-hybridized carbons (Fsp3) is 1.00. The lowest BCUT2D eigenvalue weighted by Gasteiger charge is -2.39. The minimum Gasteiger partial charge on any atom is -0.310 e. The Morgan fingerprint density at radius 1 is 1.05 bits per heavy atom. The summed E-state index contributed by atoms with van der Waals surface area (Å²) in [4.78, 5) is 2.04. The van der Waals surface area contributed by atoms with Gasteiger partial charge in [0.05, 0.1) is 0 Å². The van der Waals surface area contributed by atoms with Crippen LogP contribution in [0.4, 0.5) is 13.2 Å². The average molecular weight is 278 g/mol. The quantitative estimate of drug-likeness (QED) is 0.853. The molecule has 2 fully saturated rings. The fourth-order valence-corrected chi connectivity index (χ4v) is 3.64. The Labute approximate surface area is 113 Å². The first-order valence-electron chi connectivity index (χ1n) is 7.44. The van der Waals surface area contributed by atoms with Gasteiger partial charge < -0.3 is 10.2 Å². The minimum absolute atomic E-state index is 0.231. The molecule has 1 saturated heterocycles. The number of rotatable bonds is 3. The normalized spacial score (nSPS) is 31.6. The standard InChI is InChI=1S/C14H25F3N2/c1-19-9-11(8-14(15,16)17)7-13(10-19)18-12-5-3-2-4-6-12/h11-13,18H,2-10H2,1H3. The number of piperidine rings is 1. The second-order valence-corrected chi connectivity index (χ2v) is 6.34. The van der Waals surface area contributed by atoms with Gasteiger partial charge in [-0.05, 0) is 32.2 Å². The van der Waals surface area contributed by atoms with Crippen LogP contribution in [0.25, 0.3) is 0 Å². The van der Waals surface area contributed by atoms with Crippen molar-refractivity contribution in [1.29, 1.82) is 0 Å². The summed E-state index contributed by atoms with van der Waals surface area (Å²) in [5, 5.41) is 3.59. The van der Waals surface area contributed by atoms with Crippen LogP contribution in [-0.2, 0) is 0 Å². The van der Waals surface area contributed by atoms with Crippen molar-refractivity contribution in [3.8, 4) is 0 Å². The van der Waals surface area contributed by atoms with Crippen molar-refractivity contribution in [2.24, 2.45) is 5.92 Å². The van der Waals surface area contributed by atoms with Crippen LogP contribution < -0.4 is 5.32 Å². The first-order valence-corrected chi connectivity index (χ1v) is 7.44. The van der Waals surface area contributed by atoms with Crippen LogP contribution in [0.5, 0.6) is 0 Å². The Morgan fingerprint density at radius 2 is 1.74 bits per heavy atom. The van der Waals surface area contributed by atoms with Crippen LogP contribution in [0.15, 0.2) is 0 Å². The molecular weight excluding hydrogens is 253 g/mol. The Bertz CT molecular complexity index is 274. The molecule has 2 atom stereocenters. The summed E-state index contributed by atoms with van der Waals surface area (Å²) in [6.07, 6.45) is 2.19. The molecule has 2 nitrogen and oxygen atoms in total. The molecule has 5 heteroatoms. The number of nitrogens with zero attached hydrogens (tertiary/aromatic N) is 1. The number of likely N-dealkylation sites (N-methyl/N-ethyl adjacent to an activating group) is 1. The van der Waals surface area contributed by atoms with E-state index in [0.717, 1.165) is 6.54 Å². The maximum absolute atomic E-state index is 12.5. The smallest absolute Gasteiger partial charge is 0.310 e. The van der Waals surface area contributed by atoms with E-state index < -0.39 is 12.6 Å². The fourth-order valence-electron chi connectivity index (χ4n) is 3.64. The van der Waals surface area contributed by atoms with E-state index in [0.29, 0.717) is 19.0 Å². The summed E-state index contributed by atoms with van der Waals surface area (Å²) >= 11 is 0. The van der Waals surface area contributed by atoms with Gasteiger partial charge in [0.1, 0.15) is 0 Å². The lowest BCUT2D eigenvalue weighted by atomic mass is 9.89. The van der Waals surface area contributed by atoms with Gasteiger partial charge in [0.25, 0.3) is 0 Å². The van der Waals surface area contributed by atoms with E-state index in [2.05, 4.69) is 5.32 Å². The van der Waals surface area contributed by atoms with Crippen LogP contribution >= 0.6 is 0 Å². The maximum Gasteiger partial charge on any atom is 0.389 e. The third kappa shape index (κ3) is 5.30. The monoisotopic (exact) mass is 278 g/mol. The number of halogens is 3. The lowest BCUT2D eigenvalue weighted by Crippen LogP contribution is -2.51. The van der Waals surface area contributed by atoms with Crippen molar-refractivity contribution in [3.05, 3.63) is 0 Å². The average Bonchev–Trinajstić information content (AvgIpc) is 2.26. The summed E-state index contributed by atoms with van der Waals surface area (Å²) in [6, 6.07) is 0.756. The van der Waals surface area contributed by atoms with Gasteiger partial charge in [0, 0.05) is 31.6 Å². The van der Waals surface area contributed by atoms with Gasteiger partial charge in [-0.25, -0.2) is 0 Å². The van der Waals surface area contributed by atoms with E-state index in [1.165, 1.54) is 32.1 Å². The minimum atomic E-state index is -4.03. The molecule has 0 aromatic rings. The molecule has 1 N–H and O–H groups in total. The van der Waals surface area contributed by atoms with Crippen molar-refractivity contribution in [1.82, 2.24) is 10.2 Å². The van der Waals surface area contributed by atoms with Crippen molar-refractivity contribution in [2.75, 3.05) is 20.1 Å². The van der Waals surface area contributed by atoms with Gasteiger partial charge in [-0.15, -0.1) is 0 Å². The highest BCUT2D eigenvalue weighted by molar-refractivity contribution is 4.86. The molecule has 0 radical (unpaired) electrons. The van der Waals surface area contributed by atoms with Crippen LogP contribution in [0.1, 0.15) is 44.9 Å². The van der Waals surface area contributed by atoms with Crippen molar-refractivity contribution < 1.29 is 13.2 Å². The Kier molecular flexibility index (Phi) is 5.12. The Hall–Kier alpha value is -0.290. The number of alkyl halides is 3. The van der Waals surface area contributed by atoms with Crippen LogP contribution in [-0.4, -0.2) is 43.3 Å². The molecule has 2 aliphatic rings. The van der Waals surface area contributed by atoms with E-state index >= 15 is 0 Å². The largest absolute Gasteiger partial charge is 0.389 e. The summed E-state index contributed by atoms with van der Waals surface area (Å²) < 4.78 is 37.5. The highest BCUT2D eigenvalue weighted by Crippen LogP contribution is 2.30. The maximum atomic E-state index is 12.5. The highest BCUT2D eigenvalue weighted by Gasteiger charge is 2.36. The molecule has 1 aliphatic heterocycles. The van der Waals surface area contributed by atoms with Crippen molar-refractivity contribution in [3.63, 3.8) is 0 Å². The first-order chi connectivity index (χ1) is 8.92. The summed E-state index contributed by atoms with van der Waals surface area (Å²) in [6.45, 7) is 1.45. The van der Waals surface area contributed by atoms with E-state index in [9.17, 15) is 13.2 Å². The van der Waals surface area contributed by atoms with Crippen molar-refractivity contribution in [2.45, 2.75) is 63.2 Å². The van der Waals surface area contributed by atoms with Crippen LogP contribution in [0.2, 0.25) is 0 Å². The predicted molar refractivity (Wildman–Crippen MR) is 70.1 cm³/mol. The third-order valence-electron chi connectivity index (χ3n) is 4.32. The molecule has 0 spiro atoms. The van der Waals surface area contributed by atoms with Crippen molar-refractivity contribution >= 4 is 0 Å². The molecule has 1 saturated carbocycles. The van der Waals surface area contributed by atoms with Gasteiger partial charge in [-0.1, -0.05) is 19.3 Å². The van der Waals surface area contributed by atoms with Gasteiger partial charge in [-0.2, -0.15) is 13.2 Å². The summed E-state index contributed by atoms with van der Waals surface area (Å²) in [7, 11) is 1.93. The zero-order valence-electron chi connectivity index (χ0n) is 11.7. The molecule has 0 aromatic carbocycles. The second-order valence-electron chi connectivity index (χ2n) is 6.34. The molecule has 0 bridgehead atoms. The number of likely N-dealkylation sites (tertiary alicyclic amines) is 1. The molecule has 19 heavy (non-hydrogen) atoms.